The van der Waals surface area contributed by atoms with Crippen LogP contribution in [0.4, 0.5) is 0 Å². The van der Waals surface area contributed by atoms with Crippen molar-refractivity contribution in [2.45, 2.75) is 20.8 Å². The topological polar surface area (TPSA) is 44.1 Å². The van der Waals surface area contributed by atoms with Gasteiger partial charge in [0.05, 0.1) is 5.69 Å². The molecule has 2 aromatic rings. The summed E-state index contributed by atoms with van der Waals surface area (Å²) in [6.45, 7) is 5.68. The number of hydrogen-bond donors (Lipinski definition) is 0. The second-order valence-corrected chi connectivity index (χ2v) is 4.34. The Morgan fingerprint density at radius 3 is 2.67 bits per heavy atom. The van der Waals surface area contributed by atoms with Crippen LogP contribution in [-0.4, -0.2) is 22.3 Å². The van der Waals surface area contributed by atoms with Crippen LogP contribution in [0.5, 0.6) is 5.75 Å². The van der Waals surface area contributed by atoms with E-state index < -0.39 is 0 Å². The van der Waals surface area contributed by atoms with Crippen LogP contribution >= 0.6 is 0 Å². The molecule has 1 aromatic carbocycles. The Kier molecular flexibility index (Phi) is 3.46. The average Bonchev–Trinajstić information content (AvgIpc) is 2.66. The van der Waals surface area contributed by atoms with Gasteiger partial charge in [0.1, 0.15) is 5.75 Å². The number of nitrogens with zero attached hydrogens (tertiary/aromatic N) is 2. The monoisotopic (exact) mass is 244 g/mol. The van der Waals surface area contributed by atoms with Crippen LogP contribution in [0.15, 0.2) is 30.3 Å². The van der Waals surface area contributed by atoms with Crippen molar-refractivity contribution in [1.29, 1.82) is 0 Å². The van der Waals surface area contributed by atoms with Gasteiger partial charge in [0.2, 0.25) is 0 Å². The highest BCUT2D eigenvalue weighted by Gasteiger charge is 2.10. The quantitative estimate of drug-likeness (QED) is 0.833. The molecule has 0 aliphatic heterocycles. The molecule has 94 valence electrons. The molecular weight excluding hydrogens is 228 g/mol. The molecule has 0 N–H and O–H groups in total. The zero-order chi connectivity index (χ0) is 13.1. The van der Waals surface area contributed by atoms with E-state index in [-0.39, 0.29) is 12.5 Å². The lowest BCUT2D eigenvalue weighted by atomic mass is 10.2. The van der Waals surface area contributed by atoms with Gasteiger partial charge in [-0.3, -0.25) is 4.79 Å². The molecule has 0 saturated carbocycles. The van der Waals surface area contributed by atoms with Crippen molar-refractivity contribution < 1.29 is 9.53 Å². The Hall–Kier alpha value is -2.10. The van der Waals surface area contributed by atoms with Gasteiger partial charge in [0.15, 0.2) is 6.61 Å². The molecular formula is C14H16N2O2. The normalized spacial score (nSPS) is 10.4. The van der Waals surface area contributed by atoms with Gasteiger partial charge in [-0.2, -0.15) is 5.10 Å². The first-order chi connectivity index (χ1) is 8.56. The Balaban J connectivity index is 2.03. The molecule has 0 spiro atoms. The number of aryl methyl sites for hydroxylation is 3. The molecule has 0 fully saturated rings. The molecule has 0 bridgehead atoms. The highest BCUT2D eigenvalue weighted by atomic mass is 16.5. The molecule has 0 saturated heterocycles. The van der Waals surface area contributed by atoms with E-state index in [1.807, 2.05) is 51.1 Å². The number of hydrogen-bond acceptors (Lipinski definition) is 3. The Labute approximate surface area is 106 Å². The second kappa shape index (κ2) is 5.04. The Bertz CT molecular complexity index is 573. The molecule has 4 nitrogen and oxygen atoms in total. The summed E-state index contributed by atoms with van der Waals surface area (Å²) in [5.41, 5.74) is 2.76. The maximum Gasteiger partial charge on any atom is 0.284 e. The van der Waals surface area contributed by atoms with Gasteiger partial charge in [-0.05, 0) is 44.5 Å². The number of benzene rings is 1. The van der Waals surface area contributed by atoms with Crippen LogP contribution in [-0.2, 0) is 0 Å². The summed E-state index contributed by atoms with van der Waals surface area (Å²) < 4.78 is 6.84. The molecule has 1 aromatic heterocycles. The third kappa shape index (κ3) is 2.77. The summed E-state index contributed by atoms with van der Waals surface area (Å²) in [5.74, 6) is 0.534. The third-order valence-corrected chi connectivity index (χ3v) is 2.60. The van der Waals surface area contributed by atoms with Gasteiger partial charge in [0.25, 0.3) is 5.91 Å². The fourth-order valence-corrected chi connectivity index (χ4v) is 1.79. The van der Waals surface area contributed by atoms with E-state index in [1.165, 1.54) is 4.68 Å². The highest BCUT2D eigenvalue weighted by molar-refractivity contribution is 5.80. The van der Waals surface area contributed by atoms with Crippen molar-refractivity contribution in [3.8, 4) is 5.75 Å². The largest absolute Gasteiger partial charge is 0.484 e. The lowest BCUT2D eigenvalue weighted by Gasteiger charge is -2.07. The molecule has 0 unspecified atom stereocenters. The molecule has 0 atom stereocenters. The summed E-state index contributed by atoms with van der Waals surface area (Å²) in [6, 6.07) is 9.48. The van der Waals surface area contributed by atoms with Gasteiger partial charge in [-0.25, -0.2) is 4.68 Å². The van der Waals surface area contributed by atoms with E-state index in [1.54, 1.807) is 0 Å². The van der Waals surface area contributed by atoms with E-state index >= 15 is 0 Å². The van der Waals surface area contributed by atoms with Gasteiger partial charge in [-0.1, -0.05) is 12.1 Å². The Morgan fingerprint density at radius 2 is 2.06 bits per heavy atom. The lowest BCUT2D eigenvalue weighted by Crippen LogP contribution is -2.21. The molecule has 0 radical (unpaired) electrons. The molecule has 4 heteroatoms. The number of carbonyl (C=O) groups excluding carboxylic acids is 1. The van der Waals surface area contributed by atoms with Crippen LogP contribution < -0.4 is 4.74 Å². The number of carbonyl (C=O) groups is 1. The first-order valence-corrected chi connectivity index (χ1v) is 5.82. The van der Waals surface area contributed by atoms with E-state index in [0.29, 0.717) is 5.75 Å². The maximum absolute atomic E-state index is 11.9. The third-order valence-electron chi connectivity index (χ3n) is 2.60. The maximum atomic E-state index is 11.9. The predicted octanol–water partition coefficient (Wildman–Crippen LogP) is 2.53. The molecule has 2 rings (SSSR count). The first-order valence-electron chi connectivity index (χ1n) is 5.82. The summed E-state index contributed by atoms with van der Waals surface area (Å²) in [6.07, 6.45) is 0. The SMILES string of the molecule is Cc1cccc(OCC(=O)n2nc(C)cc2C)c1. The molecule has 0 aliphatic rings. The van der Waals surface area contributed by atoms with E-state index in [9.17, 15) is 4.79 Å². The number of aromatic nitrogens is 2. The fourth-order valence-electron chi connectivity index (χ4n) is 1.79. The van der Waals surface area contributed by atoms with Crippen LogP contribution in [0, 0.1) is 20.8 Å². The summed E-state index contributed by atoms with van der Waals surface area (Å²) in [4.78, 5) is 11.9. The van der Waals surface area contributed by atoms with Gasteiger partial charge >= 0.3 is 0 Å². The Morgan fingerprint density at radius 1 is 1.28 bits per heavy atom. The first kappa shape index (κ1) is 12.4. The summed E-state index contributed by atoms with van der Waals surface area (Å²) in [7, 11) is 0. The minimum atomic E-state index is -0.165. The van der Waals surface area contributed by atoms with Crippen LogP contribution in [0.1, 0.15) is 21.7 Å². The van der Waals surface area contributed by atoms with Crippen LogP contribution in [0.3, 0.4) is 0 Å². The predicted molar refractivity (Wildman–Crippen MR) is 69.0 cm³/mol. The van der Waals surface area contributed by atoms with Gasteiger partial charge in [0, 0.05) is 5.69 Å². The summed E-state index contributed by atoms with van der Waals surface area (Å²) in [5, 5.41) is 4.13. The van der Waals surface area contributed by atoms with Crippen molar-refractivity contribution in [3.05, 3.63) is 47.3 Å². The van der Waals surface area contributed by atoms with E-state index in [4.69, 9.17) is 4.74 Å². The zero-order valence-electron chi connectivity index (χ0n) is 10.8. The van der Waals surface area contributed by atoms with Crippen molar-refractivity contribution >= 4 is 5.91 Å². The van der Waals surface area contributed by atoms with Crippen molar-refractivity contribution in [1.82, 2.24) is 9.78 Å². The molecule has 0 amide bonds. The minimum Gasteiger partial charge on any atom is -0.484 e. The van der Waals surface area contributed by atoms with Crippen molar-refractivity contribution in [2.24, 2.45) is 0 Å². The number of rotatable bonds is 3. The van der Waals surface area contributed by atoms with E-state index in [0.717, 1.165) is 17.0 Å². The smallest absolute Gasteiger partial charge is 0.284 e. The van der Waals surface area contributed by atoms with E-state index in [2.05, 4.69) is 5.10 Å². The standard InChI is InChI=1S/C14H16N2O2/c1-10-5-4-6-13(7-10)18-9-14(17)16-12(3)8-11(2)15-16/h4-8H,9H2,1-3H3. The second-order valence-electron chi connectivity index (χ2n) is 4.34. The van der Waals surface area contributed by atoms with Gasteiger partial charge < -0.3 is 4.74 Å². The molecule has 1 heterocycles. The fraction of sp³-hybridized carbons (Fsp3) is 0.286. The average molecular weight is 244 g/mol. The molecule has 0 aliphatic carbocycles. The van der Waals surface area contributed by atoms with Crippen molar-refractivity contribution in [3.63, 3.8) is 0 Å². The lowest BCUT2D eigenvalue weighted by molar-refractivity contribution is 0.0818. The summed E-state index contributed by atoms with van der Waals surface area (Å²) >= 11 is 0. The van der Waals surface area contributed by atoms with Crippen molar-refractivity contribution in [2.75, 3.05) is 6.61 Å². The zero-order valence-corrected chi connectivity index (χ0v) is 10.8. The number of ether oxygens (including phenoxy) is 1. The van der Waals surface area contributed by atoms with Crippen LogP contribution in [0.25, 0.3) is 0 Å². The van der Waals surface area contributed by atoms with Gasteiger partial charge in [-0.15, -0.1) is 0 Å². The molecule has 18 heavy (non-hydrogen) atoms. The highest BCUT2D eigenvalue weighted by Crippen LogP contribution is 2.12. The van der Waals surface area contributed by atoms with Crippen LogP contribution in [0.2, 0.25) is 0 Å². The minimum absolute atomic E-state index is 0.00852.